The molecular formula is C11H15N3O4. The van der Waals surface area contributed by atoms with Gasteiger partial charge < -0.3 is 19.5 Å². The third-order valence-corrected chi connectivity index (χ3v) is 2.56. The van der Waals surface area contributed by atoms with E-state index in [0.717, 1.165) is 0 Å². The molecule has 1 aromatic rings. The molecule has 1 aliphatic heterocycles. The maximum absolute atomic E-state index is 10.9. The van der Waals surface area contributed by atoms with Gasteiger partial charge in [-0.2, -0.15) is 4.98 Å². The maximum Gasteiger partial charge on any atom is 0.334 e. The molecule has 0 bridgehead atoms. The number of nitrogens with zero attached hydrogens (tertiary/aromatic N) is 3. The van der Waals surface area contributed by atoms with Gasteiger partial charge in [0.2, 0.25) is 5.88 Å². The lowest BCUT2D eigenvalue weighted by atomic mass is 10.3. The number of ether oxygens (including phenoxy) is 2. The Balaban J connectivity index is 2.10. The van der Waals surface area contributed by atoms with Crippen molar-refractivity contribution in [2.24, 2.45) is 0 Å². The fourth-order valence-electron chi connectivity index (χ4n) is 1.71. The van der Waals surface area contributed by atoms with Crippen LogP contribution in [-0.2, 0) is 9.53 Å². The van der Waals surface area contributed by atoms with Crippen molar-refractivity contribution in [3.05, 3.63) is 12.4 Å². The van der Waals surface area contributed by atoms with Gasteiger partial charge in [-0.15, -0.1) is 0 Å². The van der Waals surface area contributed by atoms with Crippen molar-refractivity contribution in [1.82, 2.24) is 9.97 Å². The van der Waals surface area contributed by atoms with Crippen molar-refractivity contribution in [2.45, 2.75) is 13.0 Å². The zero-order valence-electron chi connectivity index (χ0n) is 10.1. The molecule has 1 saturated heterocycles. The van der Waals surface area contributed by atoms with Crippen molar-refractivity contribution in [2.75, 3.05) is 31.2 Å². The number of hydrogen-bond donors (Lipinski definition) is 1. The summed E-state index contributed by atoms with van der Waals surface area (Å²) in [5.41, 5.74) is 0. The molecule has 1 unspecified atom stereocenters. The Morgan fingerprint density at radius 1 is 1.67 bits per heavy atom. The molecule has 0 amide bonds. The summed E-state index contributed by atoms with van der Waals surface area (Å²) in [6, 6.07) is 0. The van der Waals surface area contributed by atoms with E-state index in [1.165, 1.54) is 6.20 Å². The third kappa shape index (κ3) is 2.86. The highest BCUT2D eigenvalue weighted by Crippen LogP contribution is 2.17. The number of rotatable bonds is 4. The number of carboxylic acids is 1. The van der Waals surface area contributed by atoms with Crippen LogP contribution in [0.15, 0.2) is 12.4 Å². The molecule has 1 aliphatic rings. The predicted molar refractivity (Wildman–Crippen MR) is 62.8 cm³/mol. The predicted octanol–water partition coefficient (Wildman–Crippen LogP) is 0.165. The van der Waals surface area contributed by atoms with Crippen molar-refractivity contribution in [3.8, 4) is 5.88 Å². The molecular weight excluding hydrogens is 238 g/mol. The van der Waals surface area contributed by atoms with Crippen molar-refractivity contribution in [3.63, 3.8) is 0 Å². The number of aliphatic carboxylic acids is 1. The highest BCUT2D eigenvalue weighted by Gasteiger charge is 2.27. The zero-order chi connectivity index (χ0) is 13.0. The lowest BCUT2D eigenvalue weighted by molar-refractivity contribution is -0.150. The summed E-state index contributed by atoms with van der Waals surface area (Å²) in [5, 5.41) is 8.93. The van der Waals surface area contributed by atoms with Crippen LogP contribution in [0, 0.1) is 0 Å². The summed E-state index contributed by atoms with van der Waals surface area (Å²) in [6.07, 6.45) is 2.30. The maximum atomic E-state index is 10.9. The molecule has 1 aromatic heterocycles. The molecule has 1 N–H and O–H groups in total. The van der Waals surface area contributed by atoms with E-state index in [4.69, 9.17) is 14.6 Å². The standard InChI is InChI=1S/C11H15N3O4/c1-2-17-10-6-12-5-9(13-10)14-3-4-18-8(7-14)11(15)16/h5-6,8H,2-4,7H2,1H3,(H,15,16). The molecule has 2 heterocycles. The van der Waals surface area contributed by atoms with Gasteiger partial charge in [0.25, 0.3) is 0 Å². The van der Waals surface area contributed by atoms with E-state index in [2.05, 4.69) is 9.97 Å². The van der Waals surface area contributed by atoms with Crippen LogP contribution in [0.4, 0.5) is 5.82 Å². The fourth-order valence-corrected chi connectivity index (χ4v) is 1.71. The molecule has 0 saturated carbocycles. The monoisotopic (exact) mass is 253 g/mol. The largest absolute Gasteiger partial charge is 0.479 e. The van der Waals surface area contributed by atoms with Gasteiger partial charge >= 0.3 is 5.97 Å². The fraction of sp³-hybridized carbons (Fsp3) is 0.545. The van der Waals surface area contributed by atoms with Crippen LogP contribution in [-0.4, -0.2) is 53.5 Å². The SMILES string of the molecule is CCOc1cncc(N2CCOC(C(=O)O)C2)n1. The van der Waals surface area contributed by atoms with Crippen LogP contribution >= 0.6 is 0 Å². The number of carboxylic acid groups (broad SMARTS) is 1. The van der Waals surface area contributed by atoms with Crippen molar-refractivity contribution >= 4 is 11.8 Å². The molecule has 7 nitrogen and oxygen atoms in total. The normalized spacial score (nSPS) is 19.6. The van der Waals surface area contributed by atoms with Gasteiger partial charge in [-0.25, -0.2) is 4.79 Å². The quantitative estimate of drug-likeness (QED) is 0.818. The average Bonchev–Trinajstić information content (AvgIpc) is 2.39. The first-order valence-electron chi connectivity index (χ1n) is 5.75. The molecule has 1 atom stereocenters. The summed E-state index contributed by atoms with van der Waals surface area (Å²) < 4.78 is 10.4. The molecule has 0 spiro atoms. The van der Waals surface area contributed by atoms with E-state index in [-0.39, 0.29) is 6.54 Å². The Hall–Kier alpha value is -1.89. The molecule has 7 heteroatoms. The topological polar surface area (TPSA) is 84.8 Å². The molecule has 18 heavy (non-hydrogen) atoms. The Kier molecular flexibility index (Phi) is 3.93. The van der Waals surface area contributed by atoms with Gasteiger partial charge in [0.15, 0.2) is 11.9 Å². The molecule has 0 aromatic carbocycles. The average molecular weight is 253 g/mol. The second-order valence-corrected chi connectivity index (χ2v) is 3.79. The number of anilines is 1. The first kappa shape index (κ1) is 12.6. The van der Waals surface area contributed by atoms with Crippen LogP contribution in [0.3, 0.4) is 0 Å². The van der Waals surface area contributed by atoms with E-state index in [1.807, 2.05) is 11.8 Å². The Labute approximate surface area is 104 Å². The summed E-state index contributed by atoms with van der Waals surface area (Å²) in [5.74, 6) is 0.0810. The Morgan fingerprint density at radius 3 is 3.22 bits per heavy atom. The van der Waals surface area contributed by atoms with Crippen LogP contribution in [0.1, 0.15) is 6.92 Å². The summed E-state index contributed by atoms with van der Waals surface area (Å²) in [7, 11) is 0. The van der Waals surface area contributed by atoms with E-state index in [1.54, 1.807) is 6.20 Å². The summed E-state index contributed by atoms with van der Waals surface area (Å²) in [4.78, 5) is 21.0. The molecule has 0 radical (unpaired) electrons. The van der Waals surface area contributed by atoms with E-state index in [9.17, 15) is 4.79 Å². The molecule has 0 aliphatic carbocycles. The van der Waals surface area contributed by atoms with E-state index >= 15 is 0 Å². The van der Waals surface area contributed by atoms with Gasteiger partial charge in [0.1, 0.15) is 0 Å². The molecule has 1 fully saturated rings. The zero-order valence-corrected chi connectivity index (χ0v) is 10.1. The second-order valence-electron chi connectivity index (χ2n) is 3.79. The lowest BCUT2D eigenvalue weighted by Gasteiger charge is -2.31. The summed E-state index contributed by atoms with van der Waals surface area (Å²) in [6.45, 7) is 3.59. The first-order valence-corrected chi connectivity index (χ1v) is 5.75. The van der Waals surface area contributed by atoms with Crippen molar-refractivity contribution < 1.29 is 19.4 Å². The summed E-state index contributed by atoms with van der Waals surface area (Å²) >= 11 is 0. The third-order valence-electron chi connectivity index (χ3n) is 2.56. The first-order chi connectivity index (χ1) is 8.70. The molecule has 2 rings (SSSR count). The van der Waals surface area contributed by atoms with Gasteiger partial charge in [-0.05, 0) is 6.92 Å². The van der Waals surface area contributed by atoms with Crippen LogP contribution < -0.4 is 9.64 Å². The number of aromatic nitrogens is 2. The minimum atomic E-state index is -0.964. The van der Waals surface area contributed by atoms with Gasteiger partial charge in [-0.1, -0.05) is 0 Å². The van der Waals surface area contributed by atoms with Crippen LogP contribution in [0.2, 0.25) is 0 Å². The van der Waals surface area contributed by atoms with Gasteiger partial charge in [0, 0.05) is 6.54 Å². The lowest BCUT2D eigenvalue weighted by Crippen LogP contribution is -2.46. The minimum Gasteiger partial charge on any atom is -0.479 e. The number of hydrogen-bond acceptors (Lipinski definition) is 6. The van der Waals surface area contributed by atoms with Crippen molar-refractivity contribution in [1.29, 1.82) is 0 Å². The second kappa shape index (κ2) is 5.63. The Bertz CT molecular complexity index is 427. The minimum absolute atomic E-state index is 0.263. The number of morpholine rings is 1. The van der Waals surface area contributed by atoms with Gasteiger partial charge in [-0.3, -0.25) is 4.98 Å². The highest BCUT2D eigenvalue weighted by atomic mass is 16.5. The number of carbonyl (C=O) groups is 1. The van der Waals surface area contributed by atoms with Crippen LogP contribution in [0.25, 0.3) is 0 Å². The molecule has 98 valence electrons. The van der Waals surface area contributed by atoms with E-state index < -0.39 is 12.1 Å². The highest BCUT2D eigenvalue weighted by molar-refractivity contribution is 5.73. The van der Waals surface area contributed by atoms with E-state index in [0.29, 0.717) is 31.5 Å². The van der Waals surface area contributed by atoms with Crippen LogP contribution in [0.5, 0.6) is 5.88 Å². The van der Waals surface area contributed by atoms with Gasteiger partial charge in [0.05, 0.1) is 32.2 Å². The Morgan fingerprint density at radius 2 is 2.50 bits per heavy atom. The smallest absolute Gasteiger partial charge is 0.334 e.